The van der Waals surface area contributed by atoms with Crippen LogP contribution in [0.3, 0.4) is 0 Å². The molecule has 11 heavy (non-hydrogen) atoms. The van der Waals surface area contributed by atoms with E-state index in [0.717, 1.165) is 6.54 Å². The first-order valence-electron chi connectivity index (χ1n) is 3.51. The highest BCUT2D eigenvalue weighted by Gasteiger charge is 2.45. The molecule has 0 spiro atoms. The minimum atomic E-state index is 0.179. The molecule has 1 N–H and O–H groups in total. The summed E-state index contributed by atoms with van der Waals surface area (Å²) in [6.07, 6.45) is 1.86. The van der Waals surface area contributed by atoms with Crippen molar-refractivity contribution in [2.45, 2.75) is 19.4 Å². The summed E-state index contributed by atoms with van der Waals surface area (Å²) in [4.78, 5) is 5.98. The zero-order chi connectivity index (χ0) is 8.48. The number of aliphatic imine (C=N–C) groups is 1. The summed E-state index contributed by atoms with van der Waals surface area (Å²) in [6.45, 7) is 5.18. The standard InChI is InChI=1S/C7H12N4/c1-7(2)4-11(7)6(9-3)10-5-8/h4H2,1-3H3,(H,9,10). The van der Waals surface area contributed by atoms with Gasteiger partial charge < -0.3 is 4.90 Å². The average Bonchev–Trinajstić information content (AvgIpc) is 2.55. The number of nitrogens with zero attached hydrogens (tertiary/aromatic N) is 3. The Morgan fingerprint density at radius 2 is 2.27 bits per heavy atom. The van der Waals surface area contributed by atoms with Crippen molar-refractivity contribution in [1.82, 2.24) is 10.2 Å². The number of hydrogen-bond donors (Lipinski definition) is 1. The monoisotopic (exact) mass is 152 g/mol. The fourth-order valence-electron chi connectivity index (χ4n) is 1.01. The quantitative estimate of drug-likeness (QED) is 0.176. The first-order chi connectivity index (χ1) is 5.11. The summed E-state index contributed by atoms with van der Waals surface area (Å²) >= 11 is 0. The first kappa shape index (κ1) is 7.86. The molecular weight excluding hydrogens is 140 g/mol. The second-order valence-electron chi connectivity index (χ2n) is 3.18. The van der Waals surface area contributed by atoms with E-state index in [4.69, 9.17) is 5.26 Å². The molecular formula is C7H12N4. The molecule has 1 heterocycles. The van der Waals surface area contributed by atoms with Crippen LogP contribution in [0.5, 0.6) is 0 Å². The van der Waals surface area contributed by atoms with Crippen LogP contribution in [0.1, 0.15) is 13.8 Å². The van der Waals surface area contributed by atoms with Gasteiger partial charge in [0.05, 0.1) is 5.54 Å². The summed E-state index contributed by atoms with van der Waals surface area (Å²) in [5.74, 6) is 0.664. The highest BCUT2D eigenvalue weighted by atomic mass is 15.4. The summed E-state index contributed by atoms with van der Waals surface area (Å²) in [7, 11) is 1.67. The maximum Gasteiger partial charge on any atom is 0.207 e. The summed E-state index contributed by atoms with van der Waals surface area (Å²) in [5.41, 5.74) is 0.179. The minimum absolute atomic E-state index is 0.179. The van der Waals surface area contributed by atoms with Crippen LogP contribution in [0.15, 0.2) is 4.99 Å². The molecule has 0 unspecified atom stereocenters. The van der Waals surface area contributed by atoms with Gasteiger partial charge in [-0.3, -0.25) is 10.3 Å². The van der Waals surface area contributed by atoms with Crippen molar-refractivity contribution in [3.63, 3.8) is 0 Å². The minimum Gasteiger partial charge on any atom is -0.333 e. The average molecular weight is 152 g/mol. The Labute approximate surface area is 66.5 Å². The molecule has 1 aliphatic heterocycles. The van der Waals surface area contributed by atoms with Gasteiger partial charge in [0.1, 0.15) is 0 Å². The lowest BCUT2D eigenvalue weighted by molar-refractivity contribution is 0.601. The largest absolute Gasteiger partial charge is 0.333 e. The van der Waals surface area contributed by atoms with Crippen LogP contribution in [0.4, 0.5) is 0 Å². The molecule has 0 radical (unpaired) electrons. The van der Waals surface area contributed by atoms with Crippen molar-refractivity contribution in [2.24, 2.45) is 4.99 Å². The van der Waals surface area contributed by atoms with Gasteiger partial charge in [0.25, 0.3) is 0 Å². The SMILES string of the molecule is CN=C(NC#N)N1CC1(C)C. The topological polar surface area (TPSA) is 51.2 Å². The van der Waals surface area contributed by atoms with Crippen molar-refractivity contribution < 1.29 is 0 Å². The van der Waals surface area contributed by atoms with Gasteiger partial charge >= 0.3 is 0 Å². The molecule has 4 nitrogen and oxygen atoms in total. The number of hydrogen-bond acceptors (Lipinski definition) is 2. The molecule has 0 atom stereocenters. The molecule has 0 aromatic heterocycles. The molecule has 1 rings (SSSR count). The Morgan fingerprint density at radius 3 is 2.55 bits per heavy atom. The van der Waals surface area contributed by atoms with Gasteiger partial charge in [-0.1, -0.05) is 0 Å². The van der Waals surface area contributed by atoms with Gasteiger partial charge in [-0.2, -0.15) is 5.26 Å². The molecule has 60 valence electrons. The van der Waals surface area contributed by atoms with Crippen molar-refractivity contribution in [2.75, 3.05) is 13.6 Å². The third-order valence-electron chi connectivity index (χ3n) is 1.81. The van der Waals surface area contributed by atoms with E-state index < -0.39 is 0 Å². The fraction of sp³-hybridized carbons (Fsp3) is 0.714. The van der Waals surface area contributed by atoms with Gasteiger partial charge in [0.2, 0.25) is 5.96 Å². The van der Waals surface area contributed by atoms with Crippen molar-refractivity contribution in [3.05, 3.63) is 0 Å². The highest BCUT2D eigenvalue weighted by Crippen LogP contribution is 2.30. The molecule has 0 aromatic carbocycles. The molecule has 0 bridgehead atoms. The lowest BCUT2D eigenvalue weighted by atomic mass is 10.2. The van der Waals surface area contributed by atoms with Gasteiger partial charge in [-0.15, -0.1) is 0 Å². The Hall–Kier alpha value is -1.24. The Morgan fingerprint density at radius 1 is 1.73 bits per heavy atom. The zero-order valence-electron chi connectivity index (χ0n) is 7.05. The van der Waals surface area contributed by atoms with Crippen LogP contribution in [0.25, 0.3) is 0 Å². The van der Waals surface area contributed by atoms with Gasteiger partial charge in [0, 0.05) is 13.6 Å². The second-order valence-corrected chi connectivity index (χ2v) is 3.18. The van der Waals surface area contributed by atoms with Crippen molar-refractivity contribution in [3.8, 4) is 6.19 Å². The van der Waals surface area contributed by atoms with Crippen LogP contribution in [0.2, 0.25) is 0 Å². The van der Waals surface area contributed by atoms with E-state index in [-0.39, 0.29) is 5.54 Å². The molecule has 1 aliphatic rings. The van der Waals surface area contributed by atoms with Gasteiger partial charge in [-0.25, -0.2) is 0 Å². The Bertz CT molecular complexity index is 223. The Kier molecular flexibility index (Phi) is 1.73. The smallest absolute Gasteiger partial charge is 0.207 e. The zero-order valence-corrected chi connectivity index (χ0v) is 7.05. The predicted molar refractivity (Wildman–Crippen MR) is 42.9 cm³/mol. The first-order valence-corrected chi connectivity index (χ1v) is 3.51. The third kappa shape index (κ3) is 1.43. The maximum absolute atomic E-state index is 8.35. The van der Waals surface area contributed by atoms with Crippen LogP contribution in [-0.4, -0.2) is 30.0 Å². The van der Waals surface area contributed by atoms with Crippen LogP contribution < -0.4 is 5.32 Å². The van der Waals surface area contributed by atoms with Crippen molar-refractivity contribution >= 4 is 5.96 Å². The number of nitrogens with one attached hydrogen (secondary N) is 1. The summed E-state index contributed by atoms with van der Waals surface area (Å²) in [6, 6.07) is 0. The number of guanidine groups is 1. The lowest BCUT2D eigenvalue weighted by Gasteiger charge is -2.08. The summed E-state index contributed by atoms with van der Waals surface area (Å²) < 4.78 is 0. The van der Waals surface area contributed by atoms with E-state index in [1.807, 2.05) is 11.1 Å². The van der Waals surface area contributed by atoms with Gasteiger partial charge in [-0.05, 0) is 13.8 Å². The molecule has 0 amide bonds. The van der Waals surface area contributed by atoms with E-state index >= 15 is 0 Å². The normalized spacial score (nSPS) is 20.9. The molecule has 0 aliphatic carbocycles. The van der Waals surface area contributed by atoms with E-state index in [1.165, 1.54) is 0 Å². The third-order valence-corrected chi connectivity index (χ3v) is 1.81. The van der Waals surface area contributed by atoms with Crippen LogP contribution in [-0.2, 0) is 0 Å². The van der Waals surface area contributed by atoms with Crippen LogP contribution >= 0.6 is 0 Å². The molecule has 0 saturated carbocycles. The fourth-order valence-corrected chi connectivity index (χ4v) is 1.01. The second kappa shape index (κ2) is 2.42. The van der Waals surface area contributed by atoms with E-state index in [9.17, 15) is 0 Å². The summed E-state index contributed by atoms with van der Waals surface area (Å²) in [5, 5.41) is 10.9. The highest BCUT2D eigenvalue weighted by molar-refractivity contribution is 5.84. The van der Waals surface area contributed by atoms with E-state index in [1.54, 1.807) is 7.05 Å². The van der Waals surface area contributed by atoms with Crippen molar-refractivity contribution in [1.29, 1.82) is 5.26 Å². The predicted octanol–water partition coefficient (Wildman–Crippen LogP) is 0.137. The maximum atomic E-state index is 8.35. The number of nitriles is 1. The van der Waals surface area contributed by atoms with Gasteiger partial charge in [0.15, 0.2) is 6.19 Å². The van der Waals surface area contributed by atoms with Crippen LogP contribution in [0, 0.1) is 11.5 Å². The molecule has 1 fully saturated rings. The van der Waals surface area contributed by atoms with E-state index in [2.05, 4.69) is 24.2 Å². The Balaban J connectivity index is 2.56. The molecule has 4 heteroatoms. The molecule has 1 saturated heterocycles. The molecule has 0 aromatic rings. The number of rotatable bonds is 0. The van der Waals surface area contributed by atoms with E-state index in [0.29, 0.717) is 5.96 Å². The lowest BCUT2D eigenvalue weighted by Crippen LogP contribution is -2.29.